The summed E-state index contributed by atoms with van der Waals surface area (Å²) in [7, 11) is -19.4. The molecule has 0 aliphatic carbocycles. The van der Waals surface area contributed by atoms with Crippen molar-refractivity contribution >= 4 is 151 Å². The second-order valence-corrected chi connectivity index (χ2v) is 20.9. The molecule has 0 saturated carbocycles. The number of phenolic OH excluding ortho intramolecular Hbond substituents is 2. The van der Waals surface area contributed by atoms with Crippen LogP contribution in [-0.2, 0) is 61.6 Å². The summed E-state index contributed by atoms with van der Waals surface area (Å²) in [5.41, 5.74) is -0.637. The van der Waals surface area contributed by atoms with Gasteiger partial charge in [-0.2, -0.15) is 33.7 Å². The molecule has 27 heteroatoms. The van der Waals surface area contributed by atoms with Crippen molar-refractivity contribution in [2.24, 2.45) is 0 Å². The molecular weight excluding hydrogens is 984 g/mol. The van der Waals surface area contributed by atoms with Crippen LogP contribution in [0.1, 0.15) is 22.3 Å². The molecule has 8 N–H and O–H groups in total. The summed E-state index contributed by atoms with van der Waals surface area (Å²) in [4.78, 5) is 31.1. The predicted molar refractivity (Wildman–Crippen MR) is 243 cm³/mol. The number of nitrogens with one attached hydrogen (secondary N) is 2. The van der Waals surface area contributed by atoms with Crippen molar-refractivity contribution in [3.05, 3.63) is 107 Å². The van der Waals surface area contributed by atoms with E-state index in [1.54, 1.807) is 0 Å². The Morgan fingerprint density at radius 1 is 0.538 bits per heavy atom. The van der Waals surface area contributed by atoms with E-state index >= 15 is 0 Å². The van der Waals surface area contributed by atoms with Gasteiger partial charge in [0.1, 0.15) is 42.1 Å². The molecule has 0 saturated heterocycles. The Balaban J connectivity index is 0.00000793. The topological polar surface area (TPSA) is 342 Å². The molecule has 0 atom stereocenters. The maximum Gasteiger partial charge on any atom is 0.295 e. The number of rotatable bonds is 16. The predicted octanol–water partition coefficient (Wildman–Crippen LogP) is 4.71. The van der Waals surface area contributed by atoms with E-state index in [0.717, 1.165) is 59.9 Å². The summed E-state index contributed by atoms with van der Waals surface area (Å²) < 4.78 is 137. The number of aromatic hydroxyl groups is 2. The van der Waals surface area contributed by atoms with Crippen molar-refractivity contribution in [1.82, 2.24) is 9.97 Å². The number of hydrogen-bond donors (Lipinski definition) is 8. The quantitative estimate of drug-likeness (QED) is 0.0369. The summed E-state index contributed by atoms with van der Waals surface area (Å²) in [5, 5.41) is 26.2. The average Bonchev–Trinajstić information content (AvgIpc) is 3.20. The van der Waals surface area contributed by atoms with Crippen LogP contribution >= 0.6 is 23.5 Å². The number of nitrogens with zero attached hydrogens (tertiary/aromatic N) is 2. The van der Waals surface area contributed by atoms with Crippen LogP contribution in [0.5, 0.6) is 11.5 Å². The Morgan fingerprint density at radius 3 is 1.23 bits per heavy atom. The van der Waals surface area contributed by atoms with E-state index in [1.807, 2.05) is 0 Å². The molecular formula is C38H32N4NaO16S6. The molecule has 2 aromatic heterocycles. The smallest absolute Gasteiger partial charge is 0.295 e. The van der Waals surface area contributed by atoms with Gasteiger partial charge in [0, 0.05) is 86.7 Å². The van der Waals surface area contributed by atoms with Crippen molar-refractivity contribution in [2.75, 3.05) is 22.1 Å². The van der Waals surface area contributed by atoms with Gasteiger partial charge in [-0.1, -0.05) is 24.3 Å². The SMILES string of the molecule is O=C(CSCc1cc(S(=O)(=O)O)c2cccnc2c1O)Nc1ccc(C=Cc2ccc(NC(=O)CSCc3cc(S(=O)(=O)O)c4cccnc4c3O)cc2S(=O)(=O)O)c(S(=O)(=O)O)c1.[Na]. The van der Waals surface area contributed by atoms with Gasteiger partial charge in [-0.3, -0.25) is 37.8 Å². The summed E-state index contributed by atoms with van der Waals surface area (Å²) in [6, 6.07) is 14.3. The second-order valence-electron chi connectivity index (χ2n) is 13.4. The summed E-state index contributed by atoms with van der Waals surface area (Å²) in [5.74, 6) is -2.92. The number of anilines is 2. The zero-order valence-corrected chi connectivity index (χ0v) is 40.1. The number of hydrogen-bond acceptors (Lipinski definition) is 16. The molecule has 6 aromatic rings. The molecule has 337 valence electrons. The zero-order valence-electron chi connectivity index (χ0n) is 33.2. The van der Waals surface area contributed by atoms with E-state index < -0.39 is 71.9 Å². The Bertz CT molecular complexity index is 3150. The monoisotopic (exact) mass is 1020 g/mol. The minimum atomic E-state index is -4.98. The number of fused-ring (bicyclic) bond motifs is 2. The Hall–Kier alpha value is -4.68. The molecule has 6 rings (SSSR count). The summed E-state index contributed by atoms with van der Waals surface area (Å²) in [6.07, 6.45) is 4.81. The van der Waals surface area contributed by atoms with Crippen LogP contribution in [0.3, 0.4) is 0 Å². The van der Waals surface area contributed by atoms with Crippen molar-refractivity contribution in [2.45, 2.75) is 31.1 Å². The molecule has 2 heterocycles. The third-order valence-corrected chi connectivity index (χ3v) is 14.5. The Morgan fingerprint density at radius 2 is 0.892 bits per heavy atom. The minimum absolute atomic E-state index is 0. The third kappa shape index (κ3) is 12.6. The maximum absolute atomic E-state index is 12.8. The molecule has 0 fully saturated rings. The van der Waals surface area contributed by atoms with Crippen molar-refractivity contribution in [3.8, 4) is 11.5 Å². The number of aromatic nitrogens is 2. The molecule has 0 aliphatic heterocycles. The van der Waals surface area contributed by atoms with E-state index in [-0.39, 0.29) is 120 Å². The van der Waals surface area contributed by atoms with Crippen LogP contribution in [0.4, 0.5) is 11.4 Å². The van der Waals surface area contributed by atoms with E-state index in [4.69, 9.17) is 0 Å². The molecule has 2 amide bonds. The molecule has 0 bridgehead atoms. The van der Waals surface area contributed by atoms with Gasteiger partial charge in [-0.25, -0.2) is 0 Å². The molecule has 0 aliphatic rings. The van der Waals surface area contributed by atoms with Crippen molar-refractivity contribution in [1.29, 1.82) is 0 Å². The fourth-order valence-corrected chi connectivity index (χ4v) is 10.7. The number of pyridine rings is 2. The molecule has 20 nitrogen and oxygen atoms in total. The van der Waals surface area contributed by atoms with Crippen molar-refractivity contribution < 1.29 is 71.7 Å². The van der Waals surface area contributed by atoms with E-state index in [9.17, 15) is 71.7 Å². The van der Waals surface area contributed by atoms with Crippen LogP contribution in [0.2, 0.25) is 0 Å². The first kappa shape index (κ1) is 51.3. The number of thioether (sulfide) groups is 2. The minimum Gasteiger partial charge on any atom is -0.505 e. The molecule has 0 unspecified atom stereocenters. The number of benzene rings is 4. The van der Waals surface area contributed by atoms with Crippen LogP contribution < -0.4 is 10.6 Å². The van der Waals surface area contributed by atoms with Gasteiger partial charge in [-0.05, 0) is 71.8 Å². The third-order valence-electron chi connectivity index (χ3n) is 8.94. The largest absolute Gasteiger partial charge is 0.505 e. The summed E-state index contributed by atoms with van der Waals surface area (Å²) >= 11 is 1.85. The number of amides is 2. The van der Waals surface area contributed by atoms with E-state index in [2.05, 4.69) is 20.6 Å². The van der Waals surface area contributed by atoms with Crippen LogP contribution in [0, 0.1) is 0 Å². The summed E-state index contributed by atoms with van der Waals surface area (Å²) in [6.45, 7) is 0. The van der Waals surface area contributed by atoms with Crippen molar-refractivity contribution in [3.63, 3.8) is 0 Å². The second kappa shape index (κ2) is 20.5. The Kier molecular flexibility index (Phi) is 16.1. The number of phenols is 2. The van der Waals surface area contributed by atoms with E-state index in [1.165, 1.54) is 60.9 Å². The maximum atomic E-state index is 12.8. The van der Waals surface area contributed by atoms with Crippen LogP contribution in [0.15, 0.2) is 105 Å². The molecule has 0 spiro atoms. The number of carbonyl (C=O) groups excluding carboxylic acids is 2. The van der Waals surface area contributed by atoms with Gasteiger partial charge in [0.2, 0.25) is 11.8 Å². The molecule has 1 radical (unpaired) electrons. The van der Waals surface area contributed by atoms with Gasteiger partial charge in [0.15, 0.2) is 0 Å². The number of carbonyl (C=O) groups is 2. The van der Waals surface area contributed by atoms with Gasteiger partial charge >= 0.3 is 0 Å². The molecule has 65 heavy (non-hydrogen) atoms. The molecule has 4 aromatic carbocycles. The first-order valence-corrected chi connectivity index (χ1v) is 25.8. The van der Waals surface area contributed by atoms with Gasteiger partial charge in [-0.15, -0.1) is 23.5 Å². The Labute approximate surface area is 401 Å². The van der Waals surface area contributed by atoms with Crippen LogP contribution in [-0.4, -0.2) is 125 Å². The average molecular weight is 1020 g/mol. The van der Waals surface area contributed by atoms with E-state index in [0.29, 0.717) is 0 Å². The van der Waals surface area contributed by atoms with Gasteiger partial charge < -0.3 is 20.8 Å². The van der Waals surface area contributed by atoms with Crippen LogP contribution in [0.25, 0.3) is 34.0 Å². The zero-order chi connectivity index (χ0) is 46.8. The first-order valence-electron chi connectivity index (χ1n) is 17.7. The fraction of sp³-hybridized carbons (Fsp3) is 0.105. The standard InChI is InChI=1S/C38H32N4O16S6.Na/c43-33(19-59-17-23-13-31(63(53,54)55)27-3-1-11-39-35(27)37(23)45)41-25-9-7-21(29(15-25)61(47,48)49)5-6-22-8-10-26(16-30(22)62(50,51)52)42-34(44)20-60-18-24-14-32(64(56,57)58)28-4-2-12-40-36(28)38(24)46;/h1-16,45-46H,17-20H2,(H,41,43)(H,42,44)(H,47,48,49)(H,50,51,52)(H,53,54,55)(H,56,57,58);. The first-order chi connectivity index (χ1) is 29.9. The van der Waals surface area contributed by atoms with Gasteiger partial charge in [0.05, 0.1) is 11.5 Å². The van der Waals surface area contributed by atoms with Gasteiger partial charge in [0.25, 0.3) is 40.5 Å². The fourth-order valence-electron chi connectivity index (χ4n) is 6.17. The normalized spacial score (nSPS) is 12.3.